The molecule has 0 fully saturated rings. The first kappa shape index (κ1) is 11.3. The van der Waals surface area contributed by atoms with Gasteiger partial charge in [-0.05, 0) is 24.4 Å². The van der Waals surface area contributed by atoms with E-state index in [0.29, 0.717) is 10.6 Å². The van der Waals surface area contributed by atoms with Gasteiger partial charge in [-0.25, -0.2) is 4.39 Å². The zero-order valence-corrected chi connectivity index (χ0v) is 10.1. The fourth-order valence-electron chi connectivity index (χ4n) is 1.48. The van der Waals surface area contributed by atoms with Crippen molar-refractivity contribution in [3.63, 3.8) is 0 Å². The lowest BCUT2D eigenvalue weighted by molar-refractivity contribution is 0.445. The smallest absolute Gasteiger partial charge is 0.195 e. The van der Waals surface area contributed by atoms with E-state index in [-0.39, 0.29) is 6.54 Å². The zero-order valence-electron chi connectivity index (χ0n) is 8.35. The van der Waals surface area contributed by atoms with E-state index in [9.17, 15) is 4.39 Å². The van der Waals surface area contributed by atoms with E-state index in [2.05, 4.69) is 22.8 Å². The van der Waals surface area contributed by atoms with Gasteiger partial charge in [0.1, 0.15) is 6.67 Å². The summed E-state index contributed by atoms with van der Waals surface area (Å²) in [6, 6.07) is 7.49. The molecule has 0 saturated carbocycles. The molecule has 84 valence electrons. The first-order valence-electron chi connectivity index (χ1n) is 4.73. The number of thiol groups is 1. The molecule has 0 unspecified atom stereocenters. The molecule has 0 aliphatic rings. The van der Waals surface area contributed by atoms with Crippen molar-refractivity contribution in [1.82, 2.24) is 14.8 Å². The highest BCUT2D eigenvalue weighted by Gasteiger charge is 2.08. The summed E-state index contributed by atoms with van der Waals surface area (Å²) < 4.78 is 14.5. The molecule has 1 heterocycles. The highest BCUT2D eigenvalue weighted by Crippen LogP contribution is 2.20. The molecule has 3 nitrogen and oxygen atoms in total. The minimum absolute atomic E-state index is 0.210. The Bertz CT molecular complexity index is 547. The van der Waals surface area contributed by atoms with Crippen LogP contribution in [0.25, 0.3) is 11.4 Å². The van der Waals surface area contributed by atoms with Crippen LogP contribution >= 0.6 is 24.8 Å². The molecule has 0 aliphatic carbocycles. The summed E-state index contributed by atoms with van der Waals surface area (Å²) in [5.41, 5.74) is 0.869. The molecule has 0 saturated heterocycles. The molecule has 16 heavy (non-hydrogen) atoms. The number of hydrogen-bond donors (Lipinski definition) is 2. The lowest BCUT2D eigenvalue weighted by Gasteiger charge is -2.04. The summed E-state index contributed by atoms with van der Waals surface area (Å²) in [5.74, 6) is 0.638. The second-order valence-electron chi connectivity index (χ2n) is 3.24. The summed E-state index contributed by atoms with van der Waals surface area (Å²) >= 11 is 9.28. The van der Waals surface area contributed by atoms with E-state index in [0.717, 1.165) is 10.5 Å². The second kappa shape index (κ2) is 4.80. The molecule has 6 heteroatoms. The van der Waals surface area contributed by atoms with Crippen molar-refractivity contribution >= 4 is 24.8 Å². The van der Waals surface area contributed by atoms with Crippen molar-refractivity contribution in [3.05, 3.63) is 29.0 Å². The highest BCUT2D eigenvalue weighted by atomic mass is 32.1. The maximum atomic E-state index is 12.4. The van der Waals surface area contributed by atoms with E-state index in [1.807, 2.05) is 24.3 Å². The number of halogens is 1. The van der Waals surface area contributed by atoms with Gasteiger partial charge in [0.05, 0.1) is 6.54 Å². The third kappa shape index (κ3) is 2.17. The topological polar surface area (TPSA) is 33.6 Å². The number of nitrogens with one attached hydrogen (secondary N) is 1. The fraction of sp³-hybridized carbons (Fsp3) is 0.200. The third-order valence-electron chi connectivity index (χ3n) is 2.17. The van der Waals surface area contributed by atoms with Crippen molar-refractivity contribution in [2.45, 2.75) is 11.4 Å². The maximum Gasteiger partial charge on any atom is 0.195 e. The van der Waals surface area contributed by atoms with E-state index >= 15 is 0 Å². The van der Waals surface area contributed by atoms with Crippen LogP contribution in [0.5, 0.6) is 0 Å². The van der Waals surface area contributed by atoms with E-state index in [4.69, 9.17) is 12.2 Å². The Labute approximate surface area is 103 Å². The molecule has 2 rings (SSSR count). The summed E-state index contributed by atoms with van der Waals surface area (Å²) in [6.45, 7) is -0.261. The molecule has 1 aromatic heterocycles. The normalized spacial score (nSPS) is 10.6. The zero-order chi connectivity index (χ0) is 11.5. The van der Waals surface area contributed by atoms with Crippen LogP contribution in [-0.4, -0.2) is 21.4 Å². The van der Waals surface area contributed by atoms with Crippen LogP contribution in [0.3, 0.4) is 0 Å². The molecule has 2 aromatic rings. The Balaban J connectivity index is 2.51. The summed E-state index contributed by atoms with van der Waals surface area (Å²) in [7, 11) is 0. The Hall–Kier alpha value is -1.14. The van der Waals surface area contributed by atoms with Crippen molar-refractivity contribution in [2.24, 2.45) is 0 Å². The van der Waals surface area contributed by atoms with Gasteiger partial charge >= 0.3 is 0 Å². The van der Waals surface area contributed by atoms with Crippen LogP contribution in [0.2, 0.25) is 0 Å². The summed E-state index contributed by atoms with van der Waals surface area (Å²) in [6.07, 6.45) is 0. The number of aromatic amines is 1. The van der Waals surface area contributed by atoms with Gasteiger partial charge in [-0.15, -0.1) is 12.6 Å². The minimum atomic E-state index is -0.471. The van der Waals surface area contributed by atoms with Crippen molar-refractivity contribution in [1.29, 1.82) is 0 Å². The molecule has 1 N–H and O–H groups in total. The van der Waals surface area contributed by atoms with Crippen LogP contribution in [0, 0.1) is 4.77 Å². The molecule has 0 amide bonds. The first-order chi connectivity index (χ1) is 7.72. The standard InChI is InChI=1S/C10H10FN3S2/c11-4-5-14-9(12-13-10(14)16)7-2-1-3-8(15)6-7/h1-3,6,15H,4-5H2,(H,13,16). The number of aromatic nitrogens is 3. The molecular formula is C10H10FN3S2. The number of rotatable bonds is 3. The third-order valence-corrected chi connectivity index (χ3v) is 2.76. The molecule has 0 atom stereocenters. The van der Waals surface area contributed by atoms with Crippen LogP contribution < -0.4 is 0 Å². The van der Waals surface area contributed by atoms with Crippen molar-refractivity contribution < 1.29 is 4.39 Å². The van der Waals surface area contributed by atoms with E-state index < -0.39 is 6.67 Å². The number of benzene rings is 1. The van der Waals surface area contributed by atoms with Crippen LogP contribution in [0.4, 0.5) is 4.39 Å². The number of hydrogen-bond acceptors (Lipinski definition) is 3. The molecule has 1 aromatic carbocycles. The Morgan fingerprint density at radius 3 is 3.00 bits per heavy atom. The van der Waals surface area contributed by atoms with Gasteiger partial charge in [-0.1, -0.05) is 12.1 Å². The van der Waals surface area contributed by atoms with Gasteiger partial charge in [0.25, 0.3) is 0 Å². The predicted octanol–water partition coefficient (Wildman–Crippen LogP) is 2.87. The predicted molar refractivity (Wildman–Crippen MR) is 66.1 cm³/mol. The van der Waals surface area contributed by atoms with E-state index in [1.165, 1.54) is 0 Å². The minimum Gasteiger partial charge on any atom is -0.298 e. The number of alkyl halides is 1. The average Bonchev–Trinajstić information content (AvgIpc) is 2.61. The maximum absolute atomic E-state index is 12.4. The SMILES string of the molecule is FCCn1c(-c2cccc(S)c2)n[nH]c1=S. The lowest BCUT2D eigenvalue weighted by Crippen LogP contribution is -2.02. The average molecular weight is 255 g/mol. The van der Waals surface area contributed by atoms with Crippen molar-refractivity contribution in [2.75, 3.05) is 6.67 Å². The van der Waals surface area contributed by atoms with E-state index in [1.54, 1.807) is 4.57 Å². The molecule has 0 aliphatic heterocycles. The first-order valence-corrected chi connectivity index (χ1v) is 5.58. The van der Waals surface area contributed by atoms with Gasteiger partial charge < -0.3 is 0 Å². The Kier molecular flexibility index (Phi) is 3.40. The molecule has 0 spiro atoms. The van der Waals surface area contributed by atoms with Gasteiger partial charge in [0.2, 0.25) is 0 Å². The quantitative estimate of drug-likeness (QED) is 0.653. The monoisotopic (exact) mass is 255 g/mol. The summed E-state index contributed by atoms with van der Waals surface area (Å²) in [5, 5.41) is 6.76. The van der Waals surface area contributed by atoms with Crippen LogP contribution in [-0.2, 0) is 6.54 Å². The lowest BCUT2D eigenvalue weighted by atomic mass is 10.2. The molecule has 0 radical (unpaired) electrons. The van der Waals surface area contributed by atoms with Gasteiger partial charge in [0.15, 0.2) is 10.6 Å². The second-order valence-corrected chi connectivity index (χ2v) is 4.15. The Morgan fingerprint density at radius 2 is 2.31 bits per heavy atom. The Morgan fingerprint density at radius 1 is 1.50 bits per heavy atom. The fourth-order valence-corrected chi connectivity index (χ4v) is 1.92. The van der Waals surface area contributed by atoms with Crippen LogP contribution in [0.15, 0.2) is 29.2 Å². The molecular weight excluding hydrogens is 245 g/mol. The van der Waals surface area contributed by atoms with Gasteiger partial charge in [-0.3, -0.25) is 9.67 Å². The largest absolute Gasteiger partial charge is 0.298 e. The molecule has 0 bridgehead atoms. The van der Waals surface area contributed by atoms with Gasteiger partial charge in [-0.2, -0.15) is 5.10 Å². The van der Waals surface area contributed by atoms with Crippen molar-refractivity contribution in [3.8, 4) is 11.4 Å². The highest BCUT2D eigenvalue weighted by molar-refractivity contribution is 7.80. The number of nitrogens with zero attached hydrogens (tertiary/aromatic N) is 2. The summed E-state index contributed by atoms with van der Waals surface area (Å²) in [4.78, 5) is 0.832. The van der Waals surface area contributed by atoms with Crippen LogP contribution in [0.1, 0.15) is 0 Å². The van der Waals surface area contributed by atoms with Gasteiger partial charge in [0, 0.05) is 10.5 Å². The number of H-pyrrole nitrogens is 1.